The lowest BCUT2D eigenvalue weighted by Gasteiger charge is -2.10. The van der Waals surface area contributed by atoms with Gasteiger partial charge in [0.2, 0.25) is 0 Å². The molecule has 0 spiro atoms. The third kappa shape index (κ3) is 5.01. The summed E-state index contributed by atoms with van der Waals surface area (Å²) in [6, 6.07) is 9.24. The second kappa shape index (κ2) is 7.50. The van der Waals surface area contributed by atoms with E-state index in [2.05, 4.69) is 4.74 Å². The predicted octanol–water partition coefficient (Wildman–Crippen LogP) is 2.84. The Hall–Kier alpha value is -1.81. The van der Waals surface area contributed by atoms with E-state index in [0.29, 0.717) is 0 Å². The fraction of sp³-hybridized carbons (Fsp3) is 0.357. The zero-order valence-corrected chi connectivity index (χ0v) is 10.6. The molecule has 0 saturated carbocycles. The van der Waals surface area contributed by atoms with Crippen LogP contribution in [0.1, 0.15) is 25.5 Å². The quantitative estimate of drug-likeness (QED) is 0.645. The van der Waals surface area contributed by atoms with E-state index in [1.54, 1.807) is 26.0 Å². The van der Waals surface area contributed by atoms with Crippen molar-refractivity contribution in [1.29, 1.82) is 0 Å². The highest BCUT2D eigenvalue weighted by Gasteiger charge is 2.08. The maximum atomic E-state index is 11.0. The van der Waals surface area contributed by atoms with Crippen LogP contribution in [-0.2, 0) is 9.47 Å². The van der Waals surface area contributed by atoms with Crippen LogP contribution in [0.3, 0.4) is 0 Å². The molecule has 0 heterocycles. The van der Waals surface area contributed by atoms with E-state index in [4.69, 9.17) is 4.74 Å². The van der Waals surface area contributed by atoms with Crippen molar-refractivity contribution in [2.24, 2.45) is 0 Å². The van der Waals surface area contributed by atoms with Crippen LogP contribution >= 0.6 is 0 Å². The van der Waals surface area contributed by atoms with E-state index in [0.717, 1.165) is 5.56 Å². The molecular weight excluding hydrogens is 232 g/mol. The van der Waals surface area contributed by atoms with Crippen LogP contribution in [0.5, 0.6) is 0 Å². The third-order valence-electron chi connectivity index (χ3n) is 2.25. The summed E-state index contributed by atoms with van der Waals surface area (Å²) in [5.74, 6) is 0. The zero-order chi connectivity index (χ0) is 13.4. The van der Waals surface area contributed by atoms with Crippen LogP contribution < -0.4 is 0 Å². The van der Waals surface area contributed by atoms with Crippen molar-refractivity contribution < 1.29 is 19.4 Å². The highest BCUT2D eigenvalue weighted by molar-refractivity contribution is 5.60. The summed E-state index contributed by atoms with van der Waals surface area (Å²) in [6.07, 6.45) is 1.35. The minimum absolute atomic E-state index is 0.280. The molecule has 4 heteroatoms. The minimum atomic E-state index is -0.709. The normalized spacial score (nSPS) is 14.2. The van der Waals surface area contributed by atoms with Gasteiger partial charge in [0.1, 0.15) is 6.10 Å². The number of benzene rings is 1. The average molecular weight is 250 g/mol. The van der Waals surface area contributed by atoms with Crippen LogP contribution in [0.15, 0.2) is 42.5 Å². The molecule has 1 rings (SSSR count). The molecule has 1 aromatic rings. The lowest BCUT2D eigenvalue weighted by atomic mass is 10.1. The number of aliphatic hydroxyl groups excluding tert-OH is 1. The topological polar surface area (TPSA) is 55.8 Å². The lowest BCUT2D eigenvalue weighted by Crippen LogP contribution is -2.14. The molecule has 0 bridgehead atoms. The summed E-state index contributed by atoms with van der Waals surface area (Å²) in [5.41, 5.74) is 0.789. The van der Waals surface area contributed by atoms with E-state index in [1.165, 1.54) is 0 Å². The maximum Gasteiger partial charge on any atom is 0.508 e. The van der Waals surface area contributed by atoms with Crippen molar-refractivity contribution >= 4 is 6.16 Å². The summed E-state index contributed by atoms with van der Waals surface area (Å²) in [6.45, 7) is 3.69. The van der Waals surface area contributed by atoms with Gasteiger partial charge >= 0.3 is 6.16 Å². The lowest BCUT2D eigenvalue weighted by molar-refractivity contribution is 0.0450. The molecule has 0 aliphatic heterocycles. The Labute approximate surface area is 107 Å². The van der Waals surface area contributed by atoms with E-state index in [9.17, 15) is 9.90 Å². The average Bonchev–Trinajstić information content (AvgIpc) is 2.37. The van der Waals surface area contributed by atoms with Gasteiger partial charge in [-0.15, -0.1) is 0 Å². The fourth-order valence-corrected chi connectivity index (χ4v) is 1.37. The van der Waals surface area contributed by atoms with Gasteiger partial charge in [0.25, 0.3) is 0 Å². The van der Waals surface area contributed by atoms with Crippen LogP contribution in [0.2, 0.25) is 0 Å². The molecule has 1 N–H and O–H groups in total. The van der Waals surface area contributed by atoms with Crippen molar-refractivity contribution in [3.8, 4) is 0 Å². The number of ether oxygens (including phenoxy) is 2. The number of carbonyl (C=O) groups excluding carboxylic acids is 1. The first-order chi connectivity index (χ1) is 8.63. The molecule has 0 unspecified atom stereocenters. The first-order valence-corrected chi connectivity index (χ1v) is 5.88. The maximum absolute atomic E-state index is 11.0. The van der Waals surface area contributed by atoms with Gasteiger partial charge in [0.15, 0.2) is 0 Å². The number of hydrogen-bond donors (Lipinski definition) is 1. The Kier molecular flexibility index (Phi) is 5.94. The van der Waals surface area contributed by atoms with E-state index in [1.807, 2.05) is 30.3 Å². The van der Waals surface area contributed by atoms with Gasteiger partial charge in [-0.25, -0.2) is 4.79 Å². The molecule has 4 nitrogen and oxygen atoms in total. The summed E-state index contributed by atoms with van der Waals surface area (Å²) >= 11 is 0. The van der Waals surface area contributed by atoms with Gasteiger partial charge in [0.05, 0.1) is 12.7 Å². The number of hydrogen-bond acceptors (Lipinski definition) is 4. The zero-order valence-electron chi connectivity index (χ0n) is 10.6. The first kappa shape index (κ1) is 14.3. The molecule has 0 aromatic heterocycles. The molecule has 0 amide bonds. The molecular formula is C14H18O4. The van der Waals surface area contributed by atoms with Gasteiger partial charge in [0, 0.05) is 0 Å². The Balaban J connectivity index is 2.46. The van der Waals surface area contributed by atoms with Gasteiger partial charge in [-0.2, -0.15) is 0 Å². The van der Waals surface area contributed by atoms with E-state index >= 15 is 0 Å². The second-order valence-electron chi connectivity index (χ2n) is 3.75. The monoisotopic (exact) mass is 250 g/mol. The van der Waals surface area contributed by atoms with Gasteiger partial charge in [-0.3, -0.25) is 0 Å². The van der Waals surface area contributed by atoms with E-state index < -0.39 is 18.4 Å². The molecule has 0 aliphatic rings. The van der Waals surface area contributed by atoms with Crippen molar-refractivity contribution in [1.82, 2.24) is 0 Å². The molecule has 0 aliphatic carbocycles. The summed E-state index contributed by atoms with van der Waals surface area (Å²) in [5, 5.41) is 9.85. The SMILES string of the molecule is CCOC(=O)O[C@@H](C)/C=C\[C@@H](O)c1ccccc1. The van der Waals surface area contributed by atoms with Gasteiger partial charge < -0.3 is 14.6 Å². The first-order valence-electron chi connectivity index (χ1n) is 5.88. The number of aliphatic hydroxyl groups is 1. The van der Waals surface area contributed by atoms with Crippen LogP contribution in [0.25, 0.3) is 0 Å². The van der Waals surface area contributed by atoms with Crippen molar-refractivity contribution in [3.05, 3.63) is 48.0 Å². The molecule has 2 atom stereocenters. The Morgan fingerprint density at radius 2 is 2.00 bits per heavy atom. The Morgan fingerprint density at radius 1 is 1.33 bits per heavy atom. The Morgan fingerprint density at radius 3 is 2.61 bits per heavy atom. The van der Waals surface area contributed by atoms with Gasteiger partial charge in [-0.05, 0) is 25.5 Å². The number of rotatable bonds is 5. The van der Waals surface area contributed by atoms with Crippen LogP contribution in [0.4, 0.5) is 4.79 Å². The third-order valence-corrected chi connectivity index (χ3v) is 2.25. The highest BCUT2D eigenvalue weighted by atomic mass is 16.7. The molecule has 1 aromatic carbocycles. The summed E-state index contributed by atoms with van der Waals surface area (Å²) in [7, 11) is 0. The van der Waals surface area contributed by atoms with Crippen molar-refractivity contribution in [2.45, 2.75) is 26.1 Å². The van der Waals surface area contributed by atoms with Crippen LogP contribution in [0, 0.1) is 0 Å². The second-order valence-corrected chi connectivity index (χ2v) is 3.75. The standard InChI is InChI=1S/C14H18O4/c1-3-17-14(16)18-11(2)9-10-13(15)12-7-5-4-6-8-12/h4-11,13,15H,3H2,1-2H3/b10-9-/t11-,13+/m0/s1. The van der Waals surface area contributed by atoms with Gasteiger partial charge in [-0.1, -0.05) is 36.4 Å². The molecule has 98 valence electrons. The smallest absolute Gasteiger partial charge is 0.435 e. The van der Waals surface area contributed by atoms with E-state index in [-0.39, 0.29) is 6.61 Å². The number of carbonyl (C=O) groups is 1. The summed E-state index contributed by atoms with van der Waals surface area (Å²) < 4.78 is 9.56. The summed E-state index contributed by atoms with van der Waals surface area (Å²) in [4.78, 5) is 11.0. The molecule has 0 radical (unpaired) electrons. The Bertz CT molecular complexity index is 386. The predicted molar refractivity (Wildman–Crippen MR) is 68.1 cm³/mol. The molecule has 0 saturated heterocycles. The van der Waals surface area contributed by atoms with Crippen molar-refractivity contribution in [3.63, 3.8) is 0 Å². The highest BCUT2D eigenvalue weighted by Crippen LogP contribution is 2.13. The molecule has 18 heavy (non-hydrogen) atoms. The van der Waals surface area contributed by atoms with Crippen molar-refractivity contribution in [2.75, 3.05) is 6.61 Å². The largest absolute Gasteiger partial charge is 0.508 e. The minimum Gasteiger partial charge on any atom is -0.435 e. The fourth-order valence-electron chi connectivity index (χ4n) is 1.37. The molecule has 0 fully saturated rings. The van der Waals surface area contributed by atoms with Crippen LogP contribution in [-0.4, -0.2) is 24.0 Å².